The number of nitrogens with zero attached hydrogens (tertiary/aromatic N) is 1. The van der Waals surface area contributed by atoms with E-state index in [4.69, 9.17) is 11.6 Å². The number of halogens is 1. The van der Waals surface area contributed by atoms with E-state index in [0.29, 0.717) is 12.1 Å². The van der Waals surface area contributed by atoms with Crippen molar-refractivity contribution in [2.24, 2.45) is 0 Å². The molecule has 1 aromatic carbocycles. The van der Waals surface area contributed by atoms with Gasteiger partial charge in [0.15, 0.2) is 0 Å². The number of para-hydroxylation sites is 1. The molecule has 1 atom stereocenters. The first-order chi connectivity index (χ1) is 9.08. The van der Waals surface area contributed by atoms with Crippen LogP contribution in [0.1, 0.15) is 23.4 Å². The maximum absolute atomic E-state index is 10.9. The van der Waals surface area contributed by atoms with Crippen LogP contribution in [-0.2, 0) is 6.54 Å². The quantitative estimate of drug-likeness (QED) is 0.666. The predicted octanol–water partition coefficient (Wildman–Crippen LogP) is 4.16. The Labute approximate surface area is 120 Å². The summed E-state index contributed by atoms with van der Waals surface area (Å²) in [5.41, 5.74) is 0.827. The predicted molar refractivity (Wildman–Crippen MR) is 77.7 cm³/mol. The molecule has 1 aromatic heterocycles. The lowest BCUT2D eigenvalue weighted by atomic mass is 10.1. The average molecular weight is 297 g/mol. The van der Waals surface area contributed by atoms with Crippen molar-refractivity contribution in [3.63, 3.8) is 0 Å². The van der Waals surface area contributed by atoms with Gasteiger partial charge in [-0.25, -0.2) is 0 Å². The SMILES string of the molecule is CC(NCc1ccccc1[N+](=O)[O-])c1ccc(Cl)s1. The van der Waals surface area contributed by atoms with Crippen LogP contribution >= 0.6 is 22.9 Å². The van der Waals surface area contributed by atoms with Crippen LogP contribution in [0.15, 0.2) is 36.4 Å². The van der Waals surface area contributed by atoms with Gasteiger partial charge in [0.2, 0.25) is 0 Å². The molecule has 0 spiro atoms. The highest BCUT2D eigenvalue weighted by atomic mass is 35.5. The van der Waals surface area contributed by atoms with E-state index in [1.165, 1.54) is 17.4 Å². The Balaban J connectivity index is 2.05. The van der Waals surface area contributed by atoms with Crippen molar-refractivity contribution in [3.05, 3.63) is 61.3 Å². The van der Waals surface area contributed by atoms with Crippen molar-refractivity contribution in [2.75, 3.05) is 0 Å². The molecule has 0 fully saturated rings. The fraction of sp³-hybridized carbons (Fsp3) is 0.231. The van der Waals surface area contributed by atoms with Gasteiger partial charge in [0.1, 0.15) is 0 Å². The van der Waals surface area contributed by atoms with E-state index in [9.17, 15) is 10.1 Å². The van der Waals surface area contributed by atoms with Gasteiger partial charge in [0.25, 0.3) is 5.69 Å². The molecule has 0 saturated carbocycles. The Bertz CT molecular complexity index is 586. The molecule has 2 rings (SSSR count). The lowest BCUT2D eigenvalue weighted by Crippen LogP contribution is -2.17. The minimum Gasteiger partial charge on any atom is -0.305 e. The fourth-order valence-electron chi connectivity index (χ4n) is 1.76. The third-order valence-corrected chi connectivity index (χ3v) is 4.22. The van der Waals surface area contributed by atoms with Crippen LogP contribution in [0.25, 0.3) is 0 Å². The van der Waals surface area contributed by atoms with Crippen molar-refractivity contribution < 1.29 is 4.92 Å². The summed E-state index contributed by atoms with van der Waals surface area (Å²) in [5.74, 6) is 0. The van der Waals surface area contributed by atoms with E-state index < -0.39 is 0 Å². The van der Waals surface area contributed by atoms with Gasteiger partial charge in [-0.05, 0) is 19.1 Å². The van der Waals surface area contributed by atoms with Crippen LogP contribution in [0.3, 0.4) is 0 Å². The Morgan fingerprint density at radius 2 is 2.11 bits per heavy atom. The second-order valence-corrected chi connectivity index (χ2v) is 5.88. The van der Waals surface area contributed by atoms with E-state index in [0.717, 1.165) is 9.21 Å². The highest BCUT2D eigenvalue weighted by Crippen LogP contribution is 2.27. The molecule has 4 nitrogen and oxygen atoms in total. The van der Waals surface area contributed by atoms with Gasteiger partial charge in [0, 0.05) is 29.1 Å². The summed E-state index contributed by atoms with van der Waals surface area (Å²) in [6.45, 7) is 2.46. The van der Waals surface area contributed by atoms with E-state index in [-0.39, 0.29) is 16.7 Å². The van der Waals surface area contributed by atoms with E-state index >= 15 is 0 Å². The van der Waals surface area contributed by atoms with E-state index in [2.05, 4.69) is 5.32 Å². The van der Waals surface area contributed by atoms with E-state index in [1.807, 2.05) is 19.1 Å². The Hall–Kier alpha value is -1.43. The van der Waals surface area contributed by atoms with Crippen LogP contribution < -0.4 is 5.32 Å². The summed E-state index contributed by atoms with van der Waals surface area (Å²) in [5, 5.41) is 14.2. The van der Waals surface area contributed by atoms with Gasteiger partial charge in [-0.15, -0.1) is 11.3 Å². The second-order valence-electron chi connectivity index (χ2n) is 4.13. The fourth-order valence-corrected chi connectivity index (χ4v) is 2.85. The normalized spacial score (nSPS) is 12.3. The lowest BCUT2D eigenvalue weighted by molar-refractivity contribution is -0.385. The van der Waals surface area contributed by atoms with Crippen molar-refractivity contribution >= 4 is 28.6 Å². The maximum Gasteiger partial charge on any atom is 0.273 e. The van der Waals surface area contributed by atoms with Crippen LogP contribution in [-0.4, -0.2) is 4.92 Å². The molecule has 0 radical (unpaired) electrons. The number of hydrogen-bond acceptors (Lipinski definition) is 4. The molecule has 1 unspecified atom stereocenters. The zero-order chi connectivity index (χ0) is 13.8. The van der Waals surface area contributed by atoms with Crippen molar-refractivity contribution in [1.29, 1.82) is 0 Å². The number of hydrogen-bond donors (Lipinski definition) is 1. The number of nitro groups is 1. The lowest BCUT2D eigenvalue weighted by Gasteiger charge is -2.12. The molecule has 19 heavy (non-hydrogen) atoms. The molecule has 0 aliphatic rings. The Kier molecular flexibility index (Phi) is 4.52. The number of nitrogens with one attached hydrogen (secondary N) is 1. The van der Waals surface area contributed by atoms with Gasteiger partial charge >= 0.3 is 0 Å². The maximum atomic E-state index is 10.9. The summed E-state index contributed by atoms with van der Waals surface area (Å²) < 4.78 is 0.745. The monoisotopic (exact) mass is 296 g/mol. The van der Waals surface area contributed by atoms with Crippen LogP contribution in [0.5, 0.6) is 0 Å². The second kappa shape index (κ2) is 6.14. The highest BCUT2D eigenvalue weighted by molar-refractivity contribution is 7.16. The summed E-state index contributed by atoms with van der Waals surface area (Å²) >= 11 is 7.40. The Morgan fingerprint density at radius 1 is 1.37 bits per heavy atom. The van der Waals surface area contributed by atoms with Crippen molar-refractivity contribution in [2.45, 2.75) is 19.5 Å². The number of rotatable bonds is 5. The topological polar surface area (TPSA) is 55.2 Å². The minimum absolute atomic E-state index is 0.109. The molecule has 0 aliphatic heterocycles. The molecule has 0 aliphatic carbocycles. The van der Waals surface area contributed by atoms with Gasteiger partial charge in [0.05, 0.1) is 9.26 Å². The molecule has 1 heterocycles. The molecule has 2 aromatic rings. The Morgan fingerprint density at radius 3 is 2.74 bits per heavy atom. The van der Waals surface area contributed by atoms with Gasteiger partial charge in [-0.3, -0.25) is 10.1 Å². The summed E-state index contributed by atoms with van der Waals surface area (Å²) in [4.78, 5) is 11.7. The molecule has 0 saturated heterocycles. The standard InChI is InChI=1S/C13H13ClN2O2S/c1-9(12-6-7-13(14)19-12)15-8-10-4-2-3-5-11(10)16(17)18/h2-7,9,15H,8H2,1H3. The first-order valence-electron chi connectivity index (χ1n) is 5.79. The largest absolute Gasteiger partial charge is 0.305 e. The summed E-state index contributed by atoms with van der Waals surface area (Å²) in [6.07, 6.45) is 0. The smallest absolute Gasteiger partial charge is 0.273 e. The van der Waals surface area contributed by atoms with Gasteiger partial charge < -0.3 is 5.32 Å². The van der Waals surface area contributed by atoms with Gasteiger partial charge in [-0.1, -0.05) is 29.8 Å². The highest BCUT2D eigenvalue weighted by Gasteiger charge is 2.14. The van der Waals surface area contributed by atoms with E-state index in [1.54, 1.807) is 18.2 Å². The molecule has 1 N–H and O–H groups in total. The van der Waals surface area contributed by atoms with Crippen molar-refractivity contribution in [1.82, 2.24) is 5.32 Å². The van der Waals surface area contributed by atoms with Crippen molar-refractivity contribution in [3.8, 4) is 0 Å². The minimum atomic E-state index is -0.357. The van der Waals surface area contributed by atoms with Crippen LogP contribution in [0, 0.1) is 10.1 Å². The third kappa shape index (κ3) is 3.53. The van der Waals surface area contributed by atoms with Crippen LogP contribution in [0.2, 0.25) is 4.34 Å². The molecular weight excluding hydrogens is 284 g/mol. The van der Waals surface area contributed by atoms with Crippen LogP contribution in [0.4, 0.5) is 5.69 Å². The molecule has 6 heteroatoms. The molecule has 0 amide bonds. The molecule has 100 valence electrons. The zero-order valence-electron chi connectivity index (χ0n) is 10.3. The first-order valence-corrected chi connectivity index (χ1v) is 6.98. The zero-order valence-corrected chi connectivity index (χ0v) is 11.9. The summed E-state index contributed by atoms with van der Waals surface area (Å²) in [6, 6.07) is 10.7. The number of nitro benzene ring substituents is 1. The number of benzene rings is 1. The number of thiophene rings is 1. The average Bonchev–Trinajstić information content (AvgIpc) is 2.83. The van der Waals surface area contributed by atoms with Gasteiger partial charge in [-0.2, -0.15) is 0 Å². The first kappa shape index (κ1) is 14.0. The molecular formula is C13H13ClN2O2S. The molecule has 0 bridgehead atoms. The summed E-state index contributed by atoms with van der Waals surface area (Å²) in [7, 11) is 0. The third-order valence-electron chi connectivity index (χ3n) is 2.81.